The van der Waals surface area contributed by atoms with Crippen LogP contribution in [-0.4, -0.2) is 46.6 Å². The Labute approximate surface area is 126 Å². The lowest BCUT2D eigenvalue weighted by atomic mass is 10.2. The number of nitrogens with one attached hydrogen (secondary N) is 2. The van der Waals surface area contributed by atoms with Gasteiger partial charge < -0.3 is 4.74 Å². The van der Waals surface area contributed by atoms with E-state index in [9.17, 15) is 8.42 Å². The summed E-state index contributed by atoms with van der Waals surface area (Å²) in [5.74, 6) is 0.814. The Hall–Kier alpha value is -1.15. The Bertz CT molecular complexity index is 525. The third-order valence-electron chi connectivity index (χ3n) is 3.53. The van der Waals surface area contributed by atoms with Gasteiger partial charge in [0, 0.05) is 20.1 Å². The van der Waals surface area contributed by atoms with E-state index in [0.29, 0.717) is 6.61 Å². The Balaban J connectivity index is 1.73. The van der Waals surface area contributed by atoms with Crippen molar-refractivity contribution in [1.82, 2.24) is 14.3 Å². The van der Waals surface area contributed by atoms with Crippen molar-refractivity contribution in [2.75, 3.05) is 33.3 Å². The van der Waals surface area contributed by atoms with E-state index in [-0.39, 0.29) is 6.54 Å². The molecule has 1 aliphatic heterocycles. The molecule has 0 radical (unpaired) electrons. The second-order valence-corrected chi connectivity index (χ2v) is 6.77. The van der Waals surface area contributed by atoms with Crippen LogP contribution < -0.4 is 14.2 Å². The molecule has 21 heavy (non-hydrogen) atoms. The summed E-state index contributed by atoms with van der Waals surface area (Å²) in [5.41, 5.74) is 0.890. The minimum atomic E-state index is -3.39. The third kappa shape index (κ3) is 5.62. The van der Waals surface area contributed by atoms with Crippen molar-refractivity contribution in [2.24, 2.45) is 0 Å². The first-order chi connectivity index (χ1) is 10.1. The Morgan fingerprint density at radius 1 is 1.19 bits per heavy atom. The van der Waals surface area contributed by atoms with Gasteiger partial charge in [-0.05, 0) is 43.6 Å². The van der Waals surface area contributed by atoms with Crippen molar-refractivity contribution in [3.05, 3.63) is 29.8 Å². The number of likely N-dealkylation sites (tertiary alicyclic amines) is 1. The minimum absolute atomic E-state index is 0.261. The molecule has 0 bridgehead atoms. The fourth-order valence-corrected chi connectivity index (χ4v) is 2.75. The van der Waals surface area contributed by atoms with Crippen molar-refractivity contribution in [2.45, 2.75) is 19.4 Å². The standard InChI is InChI=1S/C14H23N3O3S/c1-15-21(18,19)16-12-13-4-6-14(7-5-13)20-11-10-17-8-2-3-9-17/h4-7,15-16H,2-3,8-12H2,1H3. The summed E-state index contributed by atoms with van der Waals surface area (Å²) in [6.07, 6.45) is 2.58. The maximum atomic E-state index is 11.3. The molecule has 2 N–H and O–H groups in total. The molecule has 0 aliphatic carbocycles. The van der Waals surface area contributed by atoms with E-state index in [1.54, 1.807) is 0 Å². The molecule has 2 rings (SSSR count). The second kappa shape index (κ2) is 7.74. The summed E-state index contributed by atoms with van der Waals surface area (Å²) in [6.45, 7) is 4.26. The SMILES string of the molecule is CNS(=O)(=O)NCc1ccc(OCCN2CCCC2)cc1. The highest BCUT2D eigenvalue weighted by molar-refractivity contribution is 7.87. The minimum Gasteiger partial charge on any atom is -0.492 e. The van der Waals surface area contributed by atoms with E-state index in [2.05, 4.69) is 14.3 Å². The van der Waals surface area contributed by atoms with Gasteiger partial charge >= 0.3 is 0 Å². The first-order valence-corrected chi connectivity index (χ1v) is 8.69. The van der Waals surface area contributed by atoms with Crippen molar-refractivity contribution >= 4 is 10.2 Å². The molecule has 1 aliphatic rings. The lowest BCUT2D eigenvalue weighted by Crippen LogP contribution is -2.33. The maximum absolute atomic E-state index is 11.3. The van der Waals surface area contributed by atoms with E-state index < -0.39 is 10.2 Å². The summed E-state index contributed by atoms with van der Waals surface area (Å²) < 4.78 is 32.9. The zero-order valence-electron chi connectivity index (χ0n) is 12.3. The lowest BCUT2D eigenvalue weighted by molar-refractivity contribution is 0.238. The maximum Gasteiger partial charge on any atom is 0.276 e. The predicted molar refractivity (Wildman–Crippen MR) is 82.4 cm³/mol. The van der Waals surface area contributed by atoms with Crippen LogP contribution in [0.2, 0.25) is 0 Å². The van der Waals surface area contributed by atoms with Crippen LogP contribution in [0.5, 0.6) is 5.75 Å². The van der Waals surface area contributed by atoms with Crippen LogP contribution in [0, 0.1) is 0 Å². The van der Waals surface area contributed by atoms with Gasteiger partial charge in [0.05, 0.1) is 0 Å². The summed E-state index contributed by atoms with van der Waals surface area (Å²) >= 11 is 0. The van der Waals surface area contributed by atoms with E-state index in [4.69, 9.17) is 4.74 Å². The average Bonchev–Trinajstić information content (AvgIpc) is 3.00. The van der Waals surface area contributed by atoms with Crippen LogP contribution in [0.15, 0.2) is 24.3 Å². The fourth-order valence-electron chi connectivity index (χ4n) is 2.25. The smallest absolute Gasteiger partial charge is 0.276 e. The average molecular weight is 313 g/mol. The quantitative estimate of drug-likeness (QED) is 0.742. The van der Waals surface area contributed by atoms with Gasteiger partial charge in [-0.2, -0.15) is 13.1 Å². The molecule has 0 saturated carbocycles. The zero-order valence-corrected chi connectivity index (χ0v) is 13.2. The molecule has 1 saturated heterocycles. The molecular formula is C14H23N3O3S. The van der Waals surface area contributed by atoms with Crippen molar-refractivity contribution < 1.29 is 13.2 Å². The van der Waals surface area contributed by atoms with Crippen LogP contribution in [0.25, 0.3) is 0 Å². The van der Waals surface area contributed by atoms with Gasteiger partial charge in [0.1, 0.15) is 12.4 Å². The highest BCUT2D eigenvalue weighted by Crippen LogP contribution is 2.13. The predicted octanol–water partition coefficient (Wildman–Crippen LogP) is 0.715. The van der Waals surface area contributed by atoms with Gasteiger partial charge in [0.15, 0.2) is 0 Å². The summed E-state index contributed by atoms with van der Waals surface area (Å²) in [7, 11) is -2.01. The van der Waals surface area contributed by atoms with Crippen LogP contribution in [0.1, 0.15) is 18.4 Å². The zero-order chi connectivity index (χ0) is 15.1. The van der Waals surface area contributed by atoms with Gasteiger partial charge in [0.2, 0.25) is 0 Å². The van der Waals surface area contributed by atoms with Crippen LogP contribution in [0.3, 0.4) is 0 Å². The number of rotatable bonds is 8. The molecule has 118 valence electrons. The molecule has 0 atom stereocenters. The highest BCUT2D eigenvalue weighted by Gasteiger charge is 2.10. The molecule has 0 unspecified atom stereocenters. The van der Waals surface area contributed by atoms with Crippen molar-refractivity contribution in [1.29, 1.82) is 0 Å². The first-order valence-electron chi connectivity index (χ1n) is 7.21. The Morgan fingerprint density at radius 2 is 1.86 bits per heavy atom. The fraction of sp³-hybridized carbons (Fsp3) is 0.571. The number of hydrogen-bond donors (Lipinski definition) is 2. The highest BCUT2D eigenvalue weighted by atomic mass is 32.2. The van der Waals surface area contributed by atoms with Crippen LogP contribution in [0.4, 0.5) is 0 Å². The van der Waals surface area contributed by atoms with E-state index in [1.807, 2.05) is 24.3 Å². The summed E-state index contributed by atoms with van der Waals surface area (Å²) in [4.78, 5) is 2.40. The molecule has 1 fully saturated rings. The Morgan fingerprint density at radius 3 is 2.48 bits per heavy atom. The number of nitrogens with zero attached hydrogens (tertiary/aromatic N) is 1. The van der Waals surface area contributed by atoms with E-state index in [0.717, 1.165) is 17.9 Å². The molecule has 1 aromatic carbocycles. The molecule has 0 amide bonds. The summed E-state index contributed by atoms with van der Waals surface area (Å²) in [6, 6.07) is 7.46. The number of benzene rings is 1. The monoisotopic (exact) mass is 313 g/mol. The first kappa shape index (κ1) is 16.2. The van der Waals surface area contributed by atoms with Crippen LogP contribution >= 0.6 is 0 Å². The van der Waals surface area contributed by atoms with Crippen molar-refractivity contribution in [3.63, 3.8) is 0 Å². The molecule has 7 heteroatoms. The van der Waals surface area contributed by atoms with Gasteiger partial charge in [0.25, 0.3) is 10.2 Å². The molecule has 6 nitrogen and oxygen atoms in total. The van der Waals surface area contributed by atoms with Gasteiger partial charge in [-0.1, -0.05) is 12.1 Å². The van der Waals surface area contributed by atoms with Crippen molar-refractivity contribution in [3.8, 4) is 5.75 Å². The molecule has 0 aromatic heterocycles. The topological polar surface area (TPSA) is 70.7 Å². The molecule has 0 spiro atoms. The molecular weight excluding hydrogens is 290 g/mol. The lowest BCUT2D eigenvalue weighted by Gasteiger charge is -2.15. The largest absolute Gasteiger partial charge is 0.492 e. The number of hydrogen-bond acceptors (Lipinski definition) is 4. The van der Waals surface area contributed by atoms with Gasteiger partial charge in [-0.25, -0.2) is 4.72 Å². The summed E-state index contributed by atoms with van der Waals surface area (Å²) in [5, 5.41) is 0. The molecule has 1 aromatic rings. The van der Waals surface area contributed by atoms with Crippen LogP contribution in [-0.2, 0) is 16.8 Å². The molecule has 1 heterocycles. The normalized spacial score (nSPS) is 16.2. The number of ether oxygens (including phenoxy) is 1. The van der Waals surface area contributed by atoms with E-state index in [1.165, 1.54) is 33.0 Å². The van der Waals surface area contributed by atoms with Gasteiger partial charge in [-0.15, -0.1) is 0 Å². The third-order valence-corrected chi connectivity index (χ3v) is 4.60. The Kier molecular flexibility index (Phi) is 5.98. The van der Waals surface area contributed by atoms with Gasteiger partial charge in [-0.3, -0.25) is 4.90 Å². The second-order valence-electron chi connectivity index (χ2n) is 5.07. The van der Waals surface area contributed by atoms with E-state index >= 15 is 0 Å².